The maximum absolute atomic E-state index is 14.0. The number of nitrogens with zero attached hydrogens (tertiary/aromatic N) is 3. The van der Waals surface area contributed by atoms with Crippen LogP contribution < -0.4 is 0 Å². The first kappa shape index (κ1) is 19.0. The van der Waals surface area contributed by atoms with Gasteiger partial charge in [-0.3, -0.25) is 9.59 Å². The van der Waals surface area contributed by atoms with Gasteiger partial charge in [0.05, 0.1) is 16.6 Å². The predicted molar refractivity (Wildman–Crippen MR) is 101 cm³/mol. The van der Waals surface area contributed by atoms with E-state index >= 15 is 0 Å². The molecule has 2 aliphatic heterocycles. The van der Waals surface area contributed by atoms with E-state index in [2.05, 4.69) is 4.98 Å². The van der Waals surface area contributed by atoms with Crippen LogP contribution in [0.3, 0.4) is 0 Å². The monoisotopic (exact) mass is 405 g/mol. The number of thiazole rings is 1. The number of aryl methyl sites for hydroxylation is 1. The van der Waals surface area contributed by atoms with Crippen LogP contribution in [0.2, 0.25) is 0 Å². The Bertz CT molecular complexity index is 932. The Kier molecular flexibility index (Phi) is 4.91. The first-order valence-corrected chi connectivity index (χ1v) is 10.2. The van der Waals surface area contributed by atoms with Crippen LogP contribution in [0.4, 0.5) is 8.78 Å². The van der Waals surface area contributed by atoms with Crippen LogP contribution in [0.15, 0.2) is 23.7 Å². The second-order valence-corrected chi connectivity index (χ2v) is 8.42. The standard InChI is InChI=1S/C20H21F2N3O2S/c1-13-17(28-12-23-13)18(26)25-9-7-20(11-25)6-3-8-24(19(20)27)10-14-4-2-5-15(21)16(14)22/h2,4-5,12H,3,6-11H2,1H3/t20-/m1/s1. The minimum Gasteiger partial charge on any atom is -0.338 e. The van der Waals surface area contributed by atoms with Gasteiger partial charge in [0.15, 0.2) is 11.6 Å². The minimum atomic E-state index is -0.908. The molecule has 2 aliphatic rings. The Balaban J connectivity index is 1.51. The lowest BCUT2D eigenvalue weighted by molar-refractivity contribution is -0.146. The van der Waals surface area contributed by atoms with Crippen molar-refractivity contribution in [3.63, 3.8) is 0 Å². The number of amides is 2. The van der Waals surface area contributed by atoms with Gasteiger partial charge in [0.2, 0.25) is 5.91 Å². The smallest absolute Gasteiger partial charge is 0.265 e. The summed E-state index contributed by atoms with van der Waals surface area (Å²) in [6.07, 6.45) is 2.08. The van der Waals surface area contributed by atoms with Crippen LogP contribution in [0.1, 0.15) is 40.2 Å². The van der Waals surface area contributed by atoms with E-state index in [1.807, 2.05) is 0 Å². The van der Waals surface area contributed by atoms with E-state index in [4.69, 9.17) is 0 Å². The molecule has 148 valence electrons. The number of halogens is 2. The Morgan fingerprint density at radius 1 is 1.29 bits per heavy atom. The lowest BCUT2D eigenvalue weighted by Crippen LogP contribution is -2.50. The van der Waals surface area contributed by atoms with Crippen molar-refractivity contribution in [2.75, 3.05) is 19.6 Å². The average molecular weight is 405 g/mol. The number of aromatic nitrogens is 1. The van der Waals surface area contributed by atoms with Gasteiger partial charge in [0, 0.05) is 31.7 Å². The molecule has 0 unspecified atom stereocenters. The van der Waals surface area contributed by atoms with Crippen LogP contribution in [-0.2, 0) is 11.3 Å². The molecule has 0 N–H and O–H groups in total. The van der Waals surface area contributed by atoms with Gasteiger partial charge in [-0.15, -0.1) is 11.3 Å². The van der Waals surface area contributed by atoms with E-state index in [1.165, 1.54) is 23.5 Å². The fourth-order valence-electron chi connectivity index (χ4n) is 4.25. The molecule has 1 aromatic carbocycles. The van der Waals surface area contributed by atoms with Crippen molar-refractivity contribution >= 4 is 23.2 Å². The number of hydrogen-bond donors (Lipinski definition) is 0. The van der Waals surface area contributed by atoms with E-state index in [0.29, 0.717) is 43.0 Å². The molecule has 1 spiro atoms. The molecule has 8 heteroatoms. The van der Waals surface area contributed by atoms with Gasteiger partial charge in [0.25, 0.3) is 5.91 Å². The summed E-state index contributed by atoms with van der Waals surface area (Å²) >= 11 is 1.31. The highest BCUT2D eigenvalue weighted by Gasteiger charge is 2.49. The number of rotatable bonds is 3. The summed E-state index contributed by atoms with van der Waals surface area (Å²) < 4.78 is 27.6. The Labute approximate surface area is 166 Å². The Morgan fingerprint density at radius 3 is 2.86 bits per heavy atom. The van der Waals surface area contributed by atoms with Crippen LogP contribution in [0.5, 0.6) is 0 Å². The predicted octanol–water partition coefficient (Wildman–Crippen LogP) is 3.38. The molecule has 2 aromatic rings. The van der Waals surface area contributed by atoms with Crippen molar-refractivity contribution < 1.29 is 18.4 Å². The molecule has 0 saturated carbocycles. The second kappa shape index (κ2) is 7.24. The van der Waals surface area contributed by atoms with Gasteiger partial charge in [-0.05, 0) is 32.3 Å². The highest BCUT2D eigenvalue weighted by Crippen LogP contribution is 2.41. The molecule has 0 radical (unpaired) electrons. The van der Waals surface area contributed by atoms with E-state index < -0.39 is 17.0 Å². The van der Waals surface area contributed by atoms with Gasteiger partial charge in [-0.25, -0.2) is 13.8 Å². The second-order valence-electron chi connectivity index (χ2n) is 7.57. The van der Waals surface area contributed by atoms with Gasteiger partial charge < -0.3 is 9.80 Å². The van der Waals surface area contributed by atoms with Crippen LogP contribution in [0.25, 0.3) is 0 Å². The number of carbonyl (C=O) groups excluding carboxylic acids is 2. The number of likely N-dealkylation sites (tertiary alicyclic amines) is 2. The van der Waals surface area contributed by atoms with Gasteiger partial charge in [0.1, 0.15) is 4.88 Å². The molecule has 2 amide bonds. The SMILES string of the molecule is Cc1ncsc1C(=O)N1CC[C@]2(CCCN(Cc3cccc(F)c3F)C2=O)C1. The summed E-state index contributed by atoms with van der Waals surface area (Å²) in [7, 11) is 0. The van der Waals surface area contributed by atoms with Crippen molar-refractivity contribution in [3.05, 3.63) is 51.5 Å². The van der Waals surface area contributed by atoms with Gasteiger partial charge in [-0.1, -0.05) is 12.1 Å². The maximum atomic E-state index is 14.0. The molecule has 5 nitrogen and oxygen atoms in total. The normalized spacial score (nSPS) is 22.3. The van der Waals surface area contributed by atoms with Crippen molar-refractivity contribution in [2.45, 2.75) is 32.7 Å². The topological polar surface area (TPSA) is 53.5 Å². The van der Waals surface area contributed by atoms with E-state index in [0.717, 1.165) is 12.5 Å². The van der Waals surface area contributed by atoms with E-state index in [9.17, 15) is 18.4 Å². The summed E-state index contributed by atoms with van der Waals surface area (Å²) in [5.74, 6) is -1.97. The molecule has 1 atom stereocenters. The quantitative estimate of drug-likeness (QED) is 0.787. The molecule has 1 aromatic heterocycles. The molecule has 0 bridgehead atoms. The first-order chi connectivity index (χ1) is 13.4. The summed E-state index contributed by atoms with van der Waals surface area (Å²) in [5.41, 5.74) is 1.90. The zero-order chi connectivity index (χ0) is 19.9. The number of hydrogen-bond acceptors (Lipinski definition) is 4. The third kappa shape index (κ3) is 3.19. The van der Waals surface area contributed by atoms with Gasteiger partial charge in [-0.2, -0.15) is 0 Å². The number of benzene rings is 1. The van der Waals surface area contributed by atoms with Crippen molar-refractivity contribution in [1.82, 2.24) is 14.8 Å². The van der Waals surface area contributed by atoms with Crippen LogP contribution in [-0.4, -0.2) is 46.2 Å². The highest BCUT2D eigenvalue weighted by atomic mass is 32.1. The summed E-state index contributed by atoms with van der Waals surface area (Å²) in [5, 5.41) is 0. The maximum Gasteiger partial charge on any atom is 0.265 e. The molecule has 2 fully saturated rings. The Hall–Kier alpha value is -2.35. The summed E-state index contributed by atoms with van der Waals surface area (Å²) in [4.78, 5) is 34.1. The van der Waals surface area contributed by atoms with Crippen LogP contribution >= 0.6 is 11.3 Å². The highest BCUT2D eigenvalue weighted by molar-refractivity contribution is 7.11. The minimum absolute atomic E-state index is 0.0477. The molecule has 0 aliphatic carbocycles. The third-order valence-corrected chi connectivity index (χ3v) is 6.71. The zero-order valence-electron chi connectivity index (χ0n) is 15.6. The molecular formula is C20H21F2N3O2S. The van der Waals surface area contributed by atoms with Crippen molar-refractivity contribution in [3.8, 4) is 0 Å². The first-order valence-electron chi connectivity index (χ1n) is 9.33. The lowest BCUT2D eigenvalue weighted by atomic mass is 9.78. The lowest BCUT2D eigenvalue weighted by Gasteiger charge is -2.39. The molecular weight excluding hydrogens is 384 g/mol. The molecule has 2 saturated heterocycles. The fourth-order valence-corrected chi connectivity index (χ4v) is 5.02. The van der Waals surface area contributed by atoms with Crippen molar-refractivity contribution in [2.24, 2.45) is 5.41 Å². The number of carbonyl (C=O) groups is 2. The third-order valence-electron chi connectivity index (χ3n) is 5.80. The number of piperidine rings is 1. The molecule has 28 heavy (non-hydrogen) atoms. The summed E-state index contributed by atoms with van der Waals surface area (Å²) in [6.45, 7) is 3.25. The molecule has 3 heterocycles. The Morgan fingerprint density at radius 2 is 2.11 bits per heavy atom. The summed E-state index contributed by atoms with van der Waals surface area (Å²) in [6, 6.07) is 4.02. The van der Waals surface area contributed by atoms with Crippen molar-refractivity contribution in [1.29, 1.82) is 0 Å². The average Bonchev–Trinajstić information content (AvgIpc) is 3.30. The fraction of sp³-hybridized carbons (Fsp3) is 0.450. The molecule has 4 rings (SSSR count). The van der Waals surface area contributed by atoms with Gasteiger partial charge >= 0.3 is 0 Å². The van der Waals surface area contributed by atoms with E-state index in [-0.39, 0.29) is 23.9 Å². The van der Waals surface area contributed by atoms with Crippen LogP contribution in [0, 0.1) is 24.0 Å². The largest absolute Gasteiger partial charge is 0.338 e. The zero-order valence-corrected chi connectivity index (χ0v) is 16.4. The van der Waals surface area contributed by atoms with E-state index in [1.54, 1.807) is 22.2 Å².